The van der Waals surface area contributed by atoms with Crippen LogP contribution >= 0.6 is 11.8 Å². The molecule has 1 aliphatic rings. The molecule has 0 aromatic rings. The quantitative estimate of drug-likeness (QED) is 0.175. The summed E-state index contributed by atoms with van der Waals surface area (Å²) < 4.78 is 5.30. The van der Waals surface area contributed by atoms with Gasteiger partial charge in [0.15, 0.2) is 0 Å². The van der Waals surface area contributed by atoms with Crippen molar-refractivity contribution >= 4 is 24.1 Å². The van der Waals surface area contributed by atoms with Crippen molar-refractivity contribution in [2.75, 3.05) is 12.3 Å². The van der Waals surface area contributed by atoms with Crippen LogP contribution in [-0.2, 0) is 9.53 Å². The molecule has 1 aliphatic carbocycles. The second kappa shape index (κ2) is 12.9. The molecule has 0 bridgehead atoms. The van der Waals surface area contributed by atoms with Crippen molar-refractivity contribution in [1.82, 2.24) is 5.32 Å². The van der Waals surface area contributed by atoms with Crippen LogP contribution in [0.2, 0.25) is 0 Å². The van der Waals surface area contributed by atoms with Gasteiger partial charge in [-0.15, -0.1) is 0 Å². The van der Waals surface area contributed by atoms with E-state index in [0.29, 0.717) is 11.8 Å². The molecule has 1 unspecified atom stereocenters. The molecule has 178 valence electrons. The standard InChI is InChI=1S/C27H41NO3S/c1-20(10-9-11-21(2)15-18-29)12-13-23-22(3)24(14-16-27(23,7)8)32-19-17-28-25(30)31-26(4,5)6/h9-13,15,18,24H,14,16-17,19H2,1-8H3,(H,28,30)/b11-9+,13-12+,20-10+,21-15+. The van der Waals surface area contributed by atoms with Crippen molar-refractivity contribution in [1.29, 1.82) is 0 Å². The normalized spacial score (nSPS) is 20.2. The Morgan fingerprint density at radius 1 is 1.19 bits per heavy atom. The maximum Gasteiger partial charge on any atom is 0.407 e. The van der Waals surface area contributed by atoms with Crippen LogP contribution in [0.25, 0.3) is 0 Å². The zero-order chi connectivity index (χ0) is 24.4. The number of alkyl carbamates (subject to hydrolysis) is 1. The highest BCUT2D eigenvalue weighted by Crippen LogP contribution is 2.44. The number of nitrogens with one attached hydrogen (secondary N) is 1. The number of rotatable bonds is 9. The minimum Gasteiger partial charge on any atom is -0.444 e. The molecular formula is C27H41NO3S. The predicted molar refractivity (Wildman–Crippen MR) is 138 cm³/mol. The number of allylic oxidation sites excluding steroid dienone is 9. The largest absolute Gasteiger partial charge is 0.444 e. The molecule has 4 nitrogen and oxygen atoms in total. The Bertz CT molecular complexity index is 807. The molecule has 0 fully saturated rings. The van der Waals surface area contributed by atoms with Gasteiger partial charge in [0.2, 0.25) is 0 Å². The van der Waals surface area contributed by atoms with E-state index in [1.54, 1.807) is 6.08 Å². The minimum atomic E-state index is -0.472. The summed E-state index contributed by atoms with van der Waals surface area (Å²) in [5.74, 6) is 0.857. The average molecular weight is 460 g/mol. The van der Waals surface area contributed by atoms with E-state index in [2.05, 4.69) is 51.2 Å². The molecule has 0 aromatic carbocycles. The second-order valence-electron chi connectivity index (χ2n) is 9.96. The van der Waals surface area contributed by atoms with Crippen molar-refractivity contribution in [2.45, 2.75) is 79.1 Å². The van der Waals surface area contributed by atoms with E-state index in [4.69, 9.17) is 4.74 Å². The lowest BCUT2D eigenvalue weighted by Gasteiger charge is -2.37. The lowest BCUT2D eigenvalue weighted by atomic mass is 9.72. The van der Waals surface area contributed by atoms with Gasteiger partial charge in [-0.25, -0.2) is 4.79 Å². The second-order valence-corrected chi connectivity index (χ2v) is 11.3. The van der Waals surface area contributed by atoms with Crippen LogP contribution in [0, 0.1) is 5.41 Å². The zero-order valence-electron chi connectivity index (χ0n) is 21.1. The van der Waals surface area contributed by atoms with Gasteiger partial charge in [-0.3, -0.25) is 4.79 Å². The molecule has 1 amide bonds. The zero-order valence-corrected chi connectivity index (χ0v) is 21.9. The van der Waals surface area contributed by atoms with Gasteiger partial charge in [0, 0.05) is 17.5 Å². The van der Waals surface area contributed by atoms with Crippen molar-refractivity contribution in [3.8, 4) is 0 Å². The summed E-state index contributed by atoms with van der Waals surface area (Å²) in [4.78, 5) is 22.3. The van der Waals surface area contributed by atoms with Crippen LogP contribution in [0.1, 0.15) is 68.2 Å². The molecule has 0 spiro atoms. The first-order chi connectivity index (χ1) is 14.9. The highest BCUT2D eigenvalue weighted by molar-refractivity contribution is 8.00. The van der Waals surface area contributed by atoms with Crippen molar-refractivity contribution in [2.24, 2.45) is 5.41 Å². The van der Waals surface area contributed by atoms with Crippen LogP contribution in [0.3, 0.4) is 0 Å². The summed E-state index contributed by atoms with van der Waals surface area (Å²) >= 11 is 1.90. The lowest BCUT2D eigenvalue weighted by Crippen LogP contribution is -2.34. The molecule has 1 rings (SSSR count). The first kappa shape index (κ1) is 28.0. The highest BCUT2D eigenvalue weighted by atomic mass is 32.2. The highest BCUT2D eigenvalue weighted by Gasteiger charge is 2.31. The van der Waals surface area contributed by atoms with Gasteiger partial charge in [-0.05, 0) is 77.0 Å². The molecule has 32 heavy (non-hydrogen) atoms. The van der Waals surface area contributed by atoms with E-state index in [1.807, 2.05) is 51.6 Å². The van der Waals surface area contributed by atoms with E-state index in [9.17, 15) is 9.59 Å². The van der Waals surface area contributed by atoms with E-state index < -0.39 is 5.60 Å². The van der Waals surface area contributed by atoms with E-state index in [0.717, 1.165) is 36.0 Å². The fourth-order valence-corrected chi connectivity index (χ4v) is 4.73. The molecule has 0 saturated carbocycles. The van der Waals surface area contributed by atoms with Crippen molar-refractivity contribution in [3.05, 3.63) is 58.7 Å². The Balaban J connectivity index is 2.76. The molecule has 0 aliphatic heterocycles. The summed E-state index contributed by atoms with van der Waals surface area (Å²) in [5, 5.41) is 3.31. The summed E-state index contributed by atoms with van der Waals surface area (Å²) in [6, 6.07) is 0. The first-order valence-corrected chi connectivity index (χ1v) is 12.4. The number of hydrogen-bond acceptors (Lipinski definition) is 4. The average Bonchev–Trinajstić information content (AvgIpc) is 2.65. The maximum atomic E-state index is 11.8. The molecule has 0 saturated heterocycles. The van der Waals surface area contributed by atoms with Gasteiger partial charge in [-0.1, -0.05) is 55.4 Å². The minimum absolute atomic E-state index is 0.145. The van der Waals surface area contributed by atoms with E-state index in [1.165, 1.54) is 11.1 Å². The molecular weight excluding hydrogens is 418 g/mol. The van der Waals surface area contributed by atoms with Gasteiger partial charge < -0.3 is 10.1 Å². The molecule has 0 aromatic heterocycles. The number of ether oxygens (including phenoxy) is 1. The first-order valence-electron chi connectivity index (χ1n) is 11.3. The third-order valence-electron chi connectivity index (χ3n) is 5.32. The van der Waals surface area contributed by atoms with Gasteiger partial charge in [-0.2, -0.15) is 11.8 Å². The summed E-state index contributed by atoms with van der Waals surface area (Å²) in [7, 11) is 0. The summed E-state index contributed by atoms with van der Waals surface area (Å²) in [5.41, 5.74) is 4.59. The topological polar surface area (TPSA) is 55.4 Å². The molecule has 0 heterocycles. The number of hydrogen-bond donors (Lipinski definition) is 1. The molecule has 1 N–H and O–H groups in total. The van der Waals surface area contributed by atoms with Crippen LogP contribution in [0.15, 0.2) is 58.7 Å². The SMILES string of the molecule is CC1=C(/C=C/C(C)=C/C=C/C(C)=C/C=O)C(C)(C)CCC1SCCNC(=O)OC(C)(C)C. The van der Waals surface area contributed by atoms with E-state index >= 15 is 0 Å². The Kier molecular flexibility index (Phi) is 11.3. The maximum absolute atomic E-state index is 11.8. The van der Waals surface area contributed by atoms with Crippen LogP contribution in [0.4, 0.5) is 4.79 Å². The lowest BCUT2D eigenvalue weighted by molar-refractivity contribution is -0.104. The molecule has 5 heteroatoms. The Hall–Kier alpha value is -2.01. The third-order valence-corrected chi connectivity index (χ3v) is 6.75. The summed E-state index contributed by atoms with van der Waals surface area (Å²) in [6.07, 6.45) is 14.7. The fraction of sp³-hybridized carbons (Fsp3) is 0.556. The van der Waals surface area contributed by atoms with Crippen LogP contribution < -0.4 is 5.32 Å². The molecule has 1 atom stereocenters. The fourth-order valence-electron chi connectivity index (χ4n) is 3.57. The van der Waals surface area contributed by atoms with E-state index in [-0.39, 0.29) is 11.5 Å². The number of carbonyl (C=O) groups excluding carboxylic acids is 2. The van der Waals surface area contributed by atoms with Gasteiger partial charge >= 0.3 is 6.09 Å². The number of thioether (sulfide) groups is 1. The Labute approximate surface area is 199 Å². The van der Waals surface area contributed by atoms with Crippen molar-refractivity contribution < 1.29 is 14.3 Å². The Morgan fingerprint density at radius 3 is 2.47 bits per heavy atom. The van der Waals surface area contributed by atoms with Crippen molar-refractivity contribution in [3.63, 3.8) is 0 Å². The Morgan fingerprint density at radius 2 is 1.84 bits per heavy atom. The summed E-state index contributed by atoms with van der Waals surface area (Å²) in [6.45, 7) is 17.1. The van der Waals surface area contributed by atoms with Gasteiger partial charge in [0.25, 0.3) is 0 Å². The molecule has 0 radical (unpaired) electrons. The number of carbonyl (C=O) groups is 2. The predicted octanol–water partition coefficient (Wildman–Crippen LogP) is 6.95. The number of amides is 1. The van der Waals surface area contributed by atoms with Gasteiger partial charge in [0.1, 0.15) is 11.9 Å². The monoisotopic (exact) mass is 459 g/mol. The smallest absolute Gasteiger partial charge is 0.407 e. The number of aldehydes is 1. The van der Waals surface area contributed by atoms with Gasteiger partial charge in [0.05, 0.1) is 0 Å². The van der Waals surface area contributed by atoms with Crippen LogP contribution in [-0.4, -0.2) is 35.5 Å². The van der Waals surface area contributed by atoms with Crippen LogP contribution in [0.5, 0.6) is 0 Å². The third kappa shape index (κ3) is 10.5.